The van der Waals surface area contributed by atoms with Crippen LogP contribution in [-0.2, 0) is 0 Å². The van der Waals surface area contributed by atoms with Gasteiger partial charge in [-0.25, -0.2) is 0 Å². The fourth-order valence-electron chi connectivity index (χ4n) is 3.21. The molecule has 0 spiro atoms. The van der Waals surface area contributed by atoms with Crippen LogP contribution in [0.4, 0.5) is 0 Å². The highest BCUT2D eigenvalue weighted by Gasteiger charge is 2.35. The second-order valence-corrected chi connectivity index (χ2v) is 6.03. The van der Waals surface area contributed by atoms with Crippen molar-refractivity contribution in [1.82, 2.24) is 4.90 Å². The third kappa shape index (κ3) is 2.60. The van der Waals surface area contributed by atoms with Gasteiger partial charge in [-0.05, 0) is 38.0 Å². The van der Waals surface area contributed by atoms with Crippen molar-refractivity contribution in [3.63, 3.8) is 0 Å². The van der Waals surface area contributed by atoms with Crippen LogP contribution < -0.4 is 5.73 Å². The highest BCUT2D eigenvalue weighted by molar-refractivity contribution is 4.91. The molecule has 1 aliphatic carbocycles. The average molecular weight is 224 g/mol. The first-order chi connectivity index (χ1) is 7.63. The van der Waals surface area contributed by atoms with Gasteiger partial charge in [0, 0.05) is 24.7 Å². The minimum atomic E-state index is 0.421. The Balaban J connectivity index is 1.94. The Kier molecular flexibility index (Phi) is 3.91. The molecule has 2 N–H and O–H groups in total. The molecule has 2 rings (SSSR count). The zero-order chi connectivity index (χ0) is 11.7. The molecule has 94 valence electrons. The Morgan fingerprint density at radius 1 is 1.25 bits per heavy atom. The van der Waals surface area contributed by atoms with Gasteiger partial charge in [0.25, 0.3) is 0 Å². The lowest BCUT2D eigenvalue weighted by atomic mass is 9.85. The molecule has 0 radical (unpaired) electrons. The maximum atomic E-state index is 6.16. The van der Waals surface area contributed by atoms with E-state index in [1.54, 1.807) is 0 Å². The van der Waals surface area contributed by atoms with Crippen molar-refractivity contribution in [3.05, 3.63) is 0 Å². The zero-order valence-electron chi connectivity index (χ0n) is 11.2. The van der Waals surface area contributed by atoms with E-state index in [-0.39, 0.29) is 0 Å². The van der Waals surface area contributed by atoms with Crippen LogP contribution in [0.3, 0.4) is 0 Å². The molecule has 4 atom stereocenters. The molecule has 0 bridgehead atoms. The Morgan fingerprint density at radius 3 is 2.50 bits per heavy atom. The summed E-state index contributed by atoms with van der Waals surface area (Å²) in [6, 6.07) is 1.91. The minimum Gasteiger partial charge on any atom is -0.327 e. The van der Waals surface area contributed by atoms with Gasteiger partial charge in [0.1, 0.15) is 0 Å². The van der Waals surface area contributed by atoms with Crippen molar-refractivity contribution in [3.8, 4) is 0 Å². The van der Waals surface area contributed by atoms with Crippen molar-refractivity contribution >= 4 is 0 Å². The van der Waals surface area contributed by atoms with E-state index < -0.39 is 0 Å². The van der Waals surface area contributed by atoms with Gasteiger partial charge in [-0.1, -0.05) is 26.7 Å². The third-order valence-electron chi connectivity index (χ3n) is 4.92. The van der Waals surface area contributed by atoms with E-state index in [0.717, 1.165) is 12.0 Å². The molecule has 2 nitrogen and oxygen atoms in total. The summed E-state index contributed by atoms with van der Waals surface area (Å²) >= 11 is 0. The summed E-state index contributed by atoms with van der Waals surface area (Å²) in [5, 5.41) is 0. The van der Waals surface area contributed by atoms with Crippen LogP contribution in [0.25, 0.3) is 0 Å². The third-order valence-corrected chi connectivity index (χ3v) is 4.92. The lowest BCUT2D eigenvalue weighted by Gasteiger charge is -2.45. The van der Waals surface area contributed by atoms with Crippen molar-refractivity contribution in [2.75, 3.05) is 6.54 Å². The molecule has 16 heavy (non-hydrogen) atoms. The van der Waals surface area contributed by atoms with Crippen molar-refractivity contribution in [2.45, 2.75) is 71.0 Å². The summed E-state index contributed by atoms with van der Waals surface area (Å²) in [6.45, 7) is 8.27. The van der Waals surface area contributed by atoms with Gasteiger partial charge in [0.2, 0.25) is 0 Å². The second-order valence-electron chi connectivity index (χ2n) is 6.03. The number of hydrogen-bond acceptors (Lipinski definition) is 2. The van der Waals surface area contributed by atoms with Crippen LogP contribution in [0.5, 0.6) is 0 Å². The number of nitrogens with zero attached hydrogens (tertiary/aromatic N) is 1. The van der Waals surface area contributed by atoms with E-state index in [1.807, 2.05) is 0 Å². The quantitative estimate of drug-likeness (QED) is 0.795. The topological polar surface area (TPSA) is 29.3 Å². The second kappa shape index (κ2) is 5.05. The standard InChI is InChI=1S/C14H28N2/c1-4-13(9-12-5-6-12)16-8-7-14(15)10(2)11(16)3/h10-14H,4-9,15H2,1-3H3. The monoisotopic (exact) mass is 224 g/mol. The van der Waals surface area contributed by atoms with Crippen molar-refractivity contribution in [2.24, 2.45) is 17.6 Å². The van der Waals surface area contributed by atoms with Gasteiger partial charge in [-0.3, -0.25) is 4.90 Å². The van der Waals surface area contributed by atoms with E-state index >= 15 is 0 Å². The number of likely N-dealkylation sites (tertiary alicyclic amines) is 1. The van der Waals surface area contributed by atoms with Gasteiger partial charge in [-0.2, -0.15) is 0 Å². The molecule has 2 aliphatic rings. The molecule has 0 aromatic carbocycles. The summed E-state index contributed by atoms with van der Waals surface area (Å²) in [5.41, 5.74) is 6.16. The summed E-state index contributed by atoms with van der Waals surface area (Å²) < 4.78 is 0. The first-order valence-electron chi connectivity index (χ1n) is 7.14. The van der Waals surface area contributed by atoms with Gasteiger partial charge >= 0.3 is 0 Å². The zero-order valence-corrected chi connectivity index (χ0v) is 11.2. The minimum absolute atomic E-state index is 0.421. The molecule has 4 unspecified atom stereocenters. The number of rotatable bonds is 4. The van der Waals surface area contributed by atoms with Crippen LogP contribution in [0.2, 0.25) is 0 Å². The van der Waals surface area contributed by atoms with Crippen molar-refractivity contribution in [1.29, 1.82) is 0 Å². The van der Waals surface area contributed by atoms with Crippen LogP contribution in [0.1, 0.15) is 52.9 Å². The molecule has 1 saturated carbocycles. The Labute approximate surface area is 101 Å². The Bertz CT molecular complexity index is 225. The number of nitrogens with two attached hydrogens (primary N) is 1. The van der Waals surface area contributed by atoms with Gasteiger partial charge in [0.05, 0.1) is 0 Å². The molecule has 1 heterocycles. The molecule has 2 heteroatoms. The molecule has 0 aromatic heterocycles. The van der Waals surface area contributed by atoms with Crippen LogP contribution in [0, 0.1) is 11.8 Å². The fraction of sp³-hybridized carbons (Fsp3) is 1.00. The molecule has 0 aromatic rings. The average Bonchev–Trinajstić information content (AvgIpc) is 3.07. The van der Waals surface area contributed by atoms with Crippen molar-refractivity contribution < 1.29 is 0 Å². The maximum absolute atomic E-state index is 6.16. The molecule has 1 saturated heterocycles. The molecule has 2 fully saturated rings. The molecule has 1 aliphatic heterocycles. The predicted octanol–water partition coefficient (Wildman–Crippen LogP) is 2.62. The lowest BCUT2D eigenvalue weighted by Crippen LogP contribution is -2.55. The SMILES string of the molecule is CCC(CC1CC1)N1CCC(N)C(C)C1C. The largest absolute Gasteiger partial charge is 0.327 e. The van der Waals surface area contributed by atoms with Gasteiger partial charge in [-0.15, -0.1) is 0 Å². The Hall–Kier alpha value is -0.0800. The van der Waals surface area contributed by atoms with E-state index in [4.69, 9.17) is 5.73 Å². The van der Waals surface area contributed by atoms with Crippen LogP contribution >= 0.6 is 0 Å². The summed E-state index contributed by atoms with van der Waals surface area (Å²) in [7, 11) is 0. The lowest BCUT2D eigenvalue weighted by molar-refractivity contribution is 0.0484. The van der Waals surface area contributed by atoms with Gasteiger partial charge in [0.15, 0.2) is 0 Å². The normalized spacial score (nSPS) is 38.6. The number of hydrogen-bond donors (Lipinski definition) is 1. The van der Waals surface area contributed by atoms with Crippen LogP contribution in [0.15, 0.2) is 0 Å². The summed E-state index contributed by atoms with van der Waals surface area (Å²) in [4.78, 5) is 2.74. The first kappa shape index (κ1) is 12.4. The van der Waals surface area contributed by atoms with E-state index in [1.165, 1.54) is 38.6 Å². The Morgan fingerprint density at radius 2 is 1.94 bits per heavy atom. The maximum Gasteiger partial charge on any atom is 0.0110 e. The van der Waals surface area contributed by atoms with Gasteiger partial charge < -0.3 is 5.73 Å². The van der Waals surface area contributed by atoms with Crippen LogP contribution in [-0.4, -0.2) is 29.6 Å². The first-order valence-corrected chi connectivity index (χ1v) is 7.14. The summed E-state index contributed by atoms with van der Waals surface area (Å²) in [5.74, 6) is 1.70. The summed E-state index contributed by atoms with van der Waals surface area (Å²) in [6.07, 6.45) is 6.89. The highest BCUT2D eigenvalue weighted by Crippen LogP contribution is 2.37. The molecular formula is C14H28N2. The highest BCUT2D eigenvalue weighted by atomic mass is 15.2. The fourth-order valence-corrected chi connectivity index (χ4v) is 3.21. The smallest absolute Gasteiger partial charge is 0.0110 e. The molecule has 0 amide bonds. The van der Waals surface area contributed by atoms with E-state index in [0.29, 0.717) is 18.0 Å². The van der Waals surface area contributed by atoms with E-state index in [9.17, 15) is 0 Å². The molecular weight excluding hydrogens is 196 g/mol. The predicted molar refractivity (Wildman–Crippen MR) is 69.3 cm³/mol. The van der Waals surface area contributed by atoms with E-state index in [2.05, 4.69) is 25.7 Å². The number of piperidine rings is 1.